The number of hydrogen-bond acceptors (Lipinski definition) is 7. The lowest BCUT2D eigenvalue weighted by molar-refractivity contribution is -0.245. The molecule has 0 bridgehead atoms. The van der Waals surface area contributed by atoms with Crippen LogP contribution in [0.2, 0.25) is 0 Å². The van der Waals surface area contributed by atoms with Crippen molar-refractivity contribution in [2.75, 3.05) is 6.26 Å². The summed E-state index contributed by atoms with van der Waals surface area (Å²) in [5, 5.41) is -13.8. The highest BCUT2D eigenvalue weighted by atomic mass is 32.3. The van der Waals surface area contributed by atoms with Gasteiger partial charge in [0.05, 0.1) is 10.0 Å². The molecule has 0 heterocycles. The maximum Gasteiger partial charge on any atom is 0.450 e. The smallest absolute Gasteiger partial charge is 0.431 e. The monoisotopic (exact) mass is 710 g/mol. The average molecular weight is 711 g/mol. The Labute approximate surface area is 260 Å². The normalized spacial score (nSPS) is 21.1. The third-order valence-corrected chi connectivity index (χ3v) is 13.2. The molecular formula is C28H38F6NO7S3-. The van der Waals surface area contributed by atoms with Gasteiger partial charge in [0, 0.05) is 6.26 Å². The van der Waals surface area contributed by atoms with Crippen molar-refractivity contribution < 1.29 is 55.8 Å². The number of nitrogens with zero attached hydrogens (tertiary/aromatic N) is 1. The molecule has 0 unspecified atom stereocenters. The van der Waals surface area contributed by atoms with Crippen molar-refractivity contribution >= 4 is 30.2 Å². The Morgan fingerprint density at radius 1 is 0.622 bits per heavy atom. The van der Waals surface area contributed by atoms with E-state index in [0.717, 1.165) is 76.2 Å². The molecule has 45 heavy (non-hydrogen) atoms. The summed E-state index contributed by atoms with van der Waals surface area (Å²) >= 11 is 0. The van der Waals surface area contributed by atoms with Gasteiger partial charge in [-0.25, -0.2) is 16.8 Å². The van der Waals surface area contributed by atoms with Crippen LogP contribution >= 0.6 is 0 Å². The Hall–Kier alpha value is -1.59. The first-order valence-electron chi connectivity index (χ1n) is 15.2. The fourth-order valence-corrected chi connectivity index (χ4v) is 10.1. The molecule has 0 spiro atoms. The van der Waals surface area contributed by atoms with Gasteiger partial charge in [0.25, 0.3) is 0 Å². The van der Waals surface area contributed by atoms with Crippen LogP contribution in [0.1, 0.15) is 131 Å². The minimum absolute atomic E-state index is 0.0483. The summed E-state index contributed by atoms with van der Waals surface area (Å²) in [6.07, 6.45) is 11.4. The van der Waals surface area contributed by atoms with Gasteiger partial charge in [-0.15, -0.1) is 0 Å². The molecular weight excluding hydrogens is 672 g/mol. The number of rotatable bonds is 11. The van der Waals surface area contributed by atoms with Gasteiger partial charge in [-0.1, -0.05) is 69.9 Å². The van der Waals surface area contributed by atoms with E-state index in [1.807, 2.05) is 0 Å². The number of hydrogen-bond donors (Lipinski definition) is 0. The quantitative estimate of drug-likeness (QED) is 0.168. The molecule has 0 N–H and O–H groups in total. The Morgan fingerprint density at radius 3 is 1.38 bits per heavy atom. The second kappa shape index (κ2) is 13.1. The molecule has 4 rings (SSSR count). The maximum atomic E-state index is 15.2. The van der Waals surface area contributed by atoms with Gasteiger partial charge in [-0.3, -0.25) is 0 Å². The zero-order valence-electron chi connectivity index (χ0n) is 24.8. The number of benzene rings is 1. The Morgan fingerprint density at radius 2 is 1.00 bits per heavy atom. The van der Waals surface area contributed by atoms with Crippen molar-refractivity contribution in [2.24, 2.45) is 0 Å². The standard InChI is InChI=1S/C28H38F6NO7S3/c1-43(36,37)35-44(38,39)27(31,32)26(29,30)28(33,34)45(40,41)42-25-23(20-13-7-3-8-14-20)17-22(19-11-5-2-6-12-19)18-24(25)21-15-9-4-10-16-21/h17-21H,2-16H2,1H3/q-1. The first kappa shape index (κ1) is 36.2. The van der Waals surface area contributed by atoms with Crippen LogP contribution in [-0.2, 0) is 30.2 Å². The zero-order valence-corrected chi connectivity index (χ0v) is 27.2. The summed E-state index contributed by atoms with van der Waals surface area (Å²) in [6.45, 7) is 0. The van der Waals surface area contributed by atoms with E-state index in [2.05, 4.69) is 0 Å². The molecule has 3 saturated carbocycles. The van der Waals surface area contributed by atoms with Crippen molar-refractivity contribution in [3.8, 4) is 5.75 Å². The van der Waals surface area contributed by atoms with E-state index in [9.17, 15) is 42.8 Å². The van der Waals surface area contributed by atoms with E-state index in [1.165, 1.54) is 0 Å². The average Bonchev–Trinajstić information content (AvgIpc) is 2.97. The third-order valence-electron chi connectivity index (χ3n) is 9.13. The lowest BCUT2D eigenvalue weighted by Gasteiger charge is -2.35. The van der Waals surface area contributed by atoms with Crippen LogP contribution < -0.4 is 4.18 Å². The molecule has 0 aliphatic heterocycles. The van der Waals surface area contributed by atoms with Crippen LogP contribution in [0.25, 0.3) is 4.13 Å². The van der Waals surface area contributed by atoms with Gasteiger partial charge < -0.3 is 8.31 Å². The second-order valence-corrected chi connectivity index (χ2v) is 17.6. The van der Waals surface area contributed by atoms with E-state index in [4.69, 9.17) is 4.18 Å². The van der Waals surface area contributed by atoms with Gasteiger partial charge >= 0.3 is 26.5 Å². The molecule has 258 valence electrons. The first-order valence-corrected chi connectivity index (χ1v) is 19.9. The van der Waals surface area contributed by atoms with Crippen LogP contribution in [0.5, 0.6) is 5.75 Å². The fraction of sp³-hybridized carbons (Fsp3) is 0.786. The summed E-state index contributed by atoms with van der Waals surface area (Å²) in [4.78, 5) is 0. The second-order valence-electron chi connectivity index (χ2n) is 12.5. The summed E-state index contributed by atoms with van der Waals surface area (Å²) in [5.41, 5.74) is 1.32. The van der Waals surface area contributed by atoms with Crippen molar-refractivity contribution in [3.05, 3.63) is 33.0 Å². The first-order chi connectivity index (χ1) is 20.7. The van der Waals surface area contributed by atoms with E-state index < -0.39 is 52.3 Å². The van der Waals surface area contributed by atoms with Gasteiger partial charge in [0.2, 0.25) is 0 Å². The topological polar surface area (TPSA) is 126 Å². The third kappa shape index (κ3) is 7.30. The van der Waals surface area contributed by atoms with E-state index in [1.54, 1.807) is 16.3 Å². The van der Waals surface area contributed by atoms with Gasteiger partial charge in [-0.05, 0) is 73.0 Å². The van der Waals surface area contributed by atoms with Crippen molar-refractivity contribution in [1.82, 2.24) is 0 Å². The summed E-state index contributed by atoms with van der Waals surface area (Å²) in [6, 6.07) is 3.34. The fourth-order valence-electron chi connectivity index (χ4n) is 6.78. The molecule has 0 atom stereocenters. The van der Waals surface area contributed by atoms with Crippen LogP contribution in [0, 0.1) is 0 Å². The van der Waals surface area contributed by atoms with Crippen LogP contribution in [0.4, 0.5) is 26.3 Å². The van der Waals surface area contributed by atoms with Crippen molar-refractivity contribution in [1.29, 1.82) is 0 Å². The molecule has 8 nitrogen and oxygen atoms in total. The molecule has 0 saturated heterocycles. The number of halogens is 6. The predicted octanol–water partition coefficient (Wildman–Crippen LogP) is 8.02. The maximum absolute atomic E-state index is 15.2. The van der Waals surface area contributed by atoms with Gasteiger partial charge in [0.15, 0.2) is 10.0 Å². The Balaban J connectivity index is 1.86. The highest BCUT2D eigenvalue weighted by Crippen LogP contribution is 2.54. The lowest BCUT2D eigenvalue weighted by atomic mass is 9.75. The van der Waals surface area contributed by atoms with Crippen LogP contribution in [0.3, 0.4) is 0 Å². The summed E-state index contributed by atoms with van der Waals surface area (Å²) in [5.74, 6) is -8.44. The molecule has 0 radical (unpaired) electrons. The van der Waals surface area contributed by atoms with Crippen LogP contribution in [0.15, 0.2) is 12.1 Å². The van der Waals surface area contributed by atoms with E-state index in [-0.39, 0.29) is 35.1 Å². The molecule has 3 fully saturated rings. The summed E-state index contributed by atoms with van der Waals surface area (Å²) in [7, 11) is -19.5. The highest BCUT2D eigenvalue weighted by Gasteiger charge is 2.81. The lowest BCUT2D eigenvalue weighted by Crippen LogP contribution is -2.61. The minimum Gasteiger partial charge on any atom is -0.431 e. The molecule has 1 aromatic carbocycles. The molecule has 17 heteroatoms. The molecule has 3 aliphatic carbocycles. The Bertz CT molecular complexity index is 1510. The SMILES string of the molecule is CS(=O)(=O)[N-]S(=O)(=O)C(F)(F)C(F)(F)C(F)(F)S(=O)(=O)Oc1c(C2CCCCC2)cc(C2CCCCC2)cc1C1CCCCC1. The zero-order chi connectivity index (χ0) is 33.5. The van der Waals surface area contributed by atoms with Gasteiger partial charge in [-0.2, -0.15) is 34.8 Å². The van der Waals surface area contributed by atoms with Crippen molar-refractivity contribution in [3.63, 3.8) is 0 Å². The van der Waals surface area contributed by atoms with E-state index >= 15 is 8.78 Å². The molecule has 0 aromatic heterocycles. The number of sulfonamides is 2. The molecule has 1 aromatic rings. The highest BCUT2D eigenvalue weighted by molar-refractivity contribution is 8.12. The van der Waals surface area contributed by atoms with Crippen molar-refractivity contribution in [2.45, 2.75) is 130 Å². The van der Waals surface area contributed by atoms with Gasteiger partial charge in [0.1, 0.15) is 5.75 Å². The molecule has 3 aliphatic rings. The largest absolute Gasteiger partial charge is 0.450 e. The summed E-state index contributed by atoms with van der Waals surface area (Å²) < 4.78 is 168. The Kier molecular flexibility index (Phi) is 10.6. The van der Waals surface area contributed by atoms with Crippen LogP contribution in [-0.4, -0.2) is 47.9 Å². The van der Waals surface area contributed by atoms with E-state index in [0.29, 0.717) is 25.7 Å². The number of alkyl halides is 6. The predicted molar refractivity (Wildman–Crippen MR) is 155 cm³/mol. The minimum atomic E-state index is -7.21. The molecule has 0 amide bonds.